The third-order valence-corrected chi connectivity index (χ3v) is 2.92. The van der Waals surface area contributed by atoms with Crippen LogP contribution in [0.4, 0.5) is 5.95 Å². The lowest BCUT2D eigenvalue weighted by atomic mass is 10.2. The Hall–Kier alpha value is -2.63. The van der Waals surface area contributed by atoms with E-state index in [9.17, 15) is 9.59 Å². The van der Waals surface area contributed by atoms with Gasteiger partial charge in [-0.25, -0.2) is 4.98 Å². The Morgan fingerprint density at radius 2 is 2.00 bits per heavy atom. The Morgan fingerprint density at radius 3 is 2.68 bits per heavy atom. The van der Waals surface area contributed by atoms with Crippen LogP contribution in [-0.4, -0.2) is 28.5 Å². The molecule has 0 spiro atoms. The first-order valence-electron chi connectivity index (χ1n) is 5.74. The van der Waals surface area contributed by atoms with E-state index in [-0.39, 0.29) is 24.2 Å². The Morgan fingerprint density at radius 1 is 1.26 bits per heavy atom. The summed E-state index contributed by atoms with van der Waals surface area (Å²) in [7, 11) is 1.60. The van der Waals surface area contributed by atoms with E-state index in [1.807, 2.05) is 24.3 Å². The summed E-state index contributed by atoms with van der Waals surface area (Å²) in [4.78, 5) is 27.2. The third kappa shape index (κ3) is 1.97. The molecule has 0 fully saturated rings. The number of imidazole rings is 1. The number of ether oxygens (including phenoxy) is 1. The highest BCUT2D eigenvalue weighted by atomic mass is 16.5. The Labute approximate surface area is 109 Å². The Balaban J connectivity index is 2.00. The molecule has 1 aromatic carbocycles. The van der Waals surface area contributed by atoms with Gasteiger partial charge in [0.25, 0.3) is 0 Å². The summed E-state index contributed by atoms with van der Waals surface area (Å²) in [6.07, 6.45) is 1.48. The van der Waals surface area contributed by atoms with Crippen LogP contribution in [0.15, 0.2) is 30.5 Å². The van der Waals surface area contributed by atoms with Crippen molar-refractivity contribution in [2.24, 2.45) is 0 Å². The fourth-order valence-electron chi connectivity index (χ4n) is 1.95. The fourth-order valence-corrected chi connectivity index (χ4v) is 1.95. The molecule has 1 aliphatic heterocycles. The molecule has 0 saturated heterocycles. The molecule has 6 heteroatoms. The predicted molar refractivity (Wildman–Crippen MR) is 68.1 cm³/mol. The van der Waals surface area contributed by atoms with Gasteiger partial charge in [-0.2, -0.15) is 0 Å². The van der Waals surface area contributed by atoms with Crippen molar-refractivity contribution in [1.82, 2.24) is 9.55 Å². The minimum atomic E-state index is -0.329. The highest BCUT2D eigenvalue weighted by Gasteiger charge is 2.24. The van der Waals surface area contributed by atoms with Crippen molar-refractivity contribution in [3.63, 3.8) is 0 Å². The van der Waals surface area contributed by atoms with Gasteiger partial charge in [-0.1, -0.05) is 0 Å². The van der Waals surface area contributed by atoms with Crippen LogP contribution in [0.25, 0.3) is 11.3 Å². The standard InChI is InChI=1S/C13H11N3O3/c1-19-9-4-2-8(3-5-9)10-7-16-12(18)6-11(17)15-13(16)14-10/h2-5,7H,6H2,1H3,(H,14,15,17). The molecule has 1 N–H and O–H groups in total. The molecule has 1 aliphatic rings. The number of nitrogens with zero attached hydrogens (tertiary/aromatic N) is 2. The zero-order valence-corrected chi connectivity index (χ0v) is 10.2. The maximum absolute atomic E-state index is 11.7. The Kier molecular flexibility index (Phi) is 2.56. The van der Waals surface area contributed by atoms with E-state index in [1.54, 1.807) is 13.3 Å². The van der Waals surface area contributed by atoms with Crippen LogP contribution in [0.5, 0.6) is 5.75 Å². The number of amides is 1. The van der Waals surface area contributed by atoms with Gasteiger partial charge >= 0.3 is 0 Å². The number of rotatable bonds is 2. The minimum Gasteiger partial charge on any atom is -0.497 e. The molecule has 3 rings (SSSR count). The number of anilines is 1. The number of carbonyl (C=O) groups excluding carboxylic acids is 2. The van der Waals surface area contributed by atoms with Crippen molar-refractivity contribution in [2.75, 3.05) is 12.4 Å². The molecule has 0 atom stereocenters. The average Bonchev–Trinajstić information content (AvgIpc) is 2.83. The van der Waals surface area contributed by atoms with Gasteiger partial charge in [0, 0.05) is 11.8 Å². The van der Waals surface area contributed by atoms with Gasteiger partial charge in [-0.05, 0) is 24.3 Å². The zero-order valence-electron chi connectivity index (χ0n) is 10.2. The molecule has 19 heavy (non-hydrogen) atoms. The Bertz CT molecular complexity index is 658. The molecule has 1 amide bonds. The van der Waals surface area contributed by atoms with Gasteiger partial charge in [0.1, 0.15) is 12.2 Å². The molecular formula is C13H11N3O3. The second-order valence-electron chi connectivity index (χ2n) is 4.17. The average molecular weight is 257 g/mol. The monoisotopic (exact) mass is 257 g/mol. The number of carbonyl (C=O) groups is 2. The molecule has 2 aromatic rings. The predicted octanol–water partition coefficient (Wildman–Crippen LogP) is 1.54. The molecule has 0 bridgehead atoms. The molecule has 96 valence electrons. The van der Waals surface area contributed by atoms with Gasteiger partial charge < -0.3 is 4.74 Å². The van der Waals surface area contributed by atoms with Crippen LogP contribution >= 0.6 is 0 Å². The van der Waals surface area contributed by atoms with Crippen molar-refractivity contribution in [3.8, 4) is 17.0 Å². The van der Waals surface area contributed by atoms with Crippen molar-refractivity contribution in [3.05, 3.63) is 30.5 Å². The summed E-state index contributed by atoms with van der Waals surface area (Å²) in [6, 6.07) is 7.32. The molecule has 0 unspecified atom stereocenters. The van der Waals surface area contributed by atoms with E-state index in [2.05, 4.69) is 10.3 Å². The highest BCUT2D eigenvalue weighted by molar-refractivity contribution is 6.08. The van der Waals surface area contributed by atoms with E-state index in [0.717, 1.165) is 11.3 Å². The maximum atomic E-state index is 11.7. The molecule has 2 heterocycles. The first-order chi connectivity index (χ1) is 9.17. The van der Waals surface area contributed by atoms with E-state index in [0.29, 0.717) is 5.69 Å². The lowest BCUT2D eigenvalue weighted by molar-refractivity contribution is -0.115. The van der Waals surface area contributed by atoms with Crippen LogP contribution in [-0.2, 0) is 4.79 Å². The summed E-state index contributed by atoms with van der Waals surface area (Å²) in [5.41, 5.74) is 1.48. The van der Waals surface area contributed by atoms with E-state index in [4.69, 9.17) is 4.74 Å². The lowest BCUT2D eigenvalue weighted by Crippen LogP contribution is -2.28. The summed E-state index contributed by atoms with van der Waals surface area (Å²) < 4.78 is 6.44. The summed E-state index contributed by atoms with van der Waals surface area (Å²) in [5, 5.41) is 2.57. The van der Waals surface area contributed by atoms with Gasteiger partial charge in [-0.15, -0.1) is 0 Å². The minimum absolute atomic E-state index is 0.147. The van der Waals surface area contributed by atoms with Gasteiger partial charge in [0.15, 0.2) is 0 Å². The van der Waals surface area contributed by atoms with Crippen LogP contribution in [0.1, 0.15) is 11.2 Å². The quantitative estimate of drug-likeness (QED) is 0.828. The smallest absolute Gasteiger partial charge is 0.242 e. The number of benzene rings is 1. The van der Waals surface area contributed by atoms with Crippen LogP contribution in [0.2, 0.25) is 0 Å². The normalized spacial score (nSPS) is 13.9. The van der Waals surface area contributed by atoms with E-state index < -0.39 is 0 Å². The molecule has 6 nitrogen and oxygen atoms in total. The number of aromatic nitrogens is 2. The van der Waals surface area contributed by atoms with Crippen molar-refractivity contribution >= 4 is 17.8 Å². The number of hydrogen-bond donors (Lipinski definition) is 1. The summed E-state index contributed by atoms with van der Waals surface area (Å²) >= 11 is 0. The molecule has 0 radical (unpaired) electrons. The summed E-state index contributed by atoms with van der Waals surface area (Å²) in [5.74, 6) is 0.416. The largest absolute Gasteiger partial charge is 0.497 e. The van der Waals surface area contributed by atoms with Crippen molar-refractivity contribution in [2.45, 2.75) is 6.42 Å². The first kappa shape index (κ1) is 11.5. The summed E-state index contributed by atoms with van der Waals surface area (Å²) in [6.45, 7) is 0. The number of hydrogen-bond acceptors (Lipinski definition) is 4. The third-order valence-electron chi connectivity index (χ3n) is 2.92. The van der Waals surface area contributed by atoms with E-state index >= 15 is 0 Å². The van der Waals surface area contributed by atoms with Crippen LogP contribution in [0.3, 0.4) is 0 Å². The lowest BCUT2D eigenvalue weighted by Gasteiger charge is -2.11. The van der Waals surface area contributed by atoms with Crippen molar-refractivity contribution in [1.29, 1.82) is 0 Å². The van der Waals surface area contributed by atoms with Gasteiger partial charge in [0.05, 0.1) is 12.8 Å². The molecule has 0 saturated carbocycles. The van der Waals surface area contributed by atoms with E-state index in [1.165, 1.54) is 4.57 Å². The molecule has 1 aromatic heterocycles. The fraction of sp³-hybridized carbons (Fsp3) is 0.154. The number of nitrogens with one attached hydrogen (secondary N) is 1. The topological polar surface area (TPSA) is 73.2 Å². The van der Waals surface area contributed by atoms with Crippen LogP contribution in [0, 0.1) is 0 Å². The maximum Gasteiger partial charge on any atom is 0.242 e. The molecular weight excluding hydrogens is 246 g/mol. The van der Waals surface area contributed by atoms with Gasteiger partial charge in [-0.3, -0.25) is 19.5 Å². The zero-order chi connectivity index (χ0) is 13.4. The molecule has 0 aliphatic carbocycles. The number of fused-ring (bicyclic) bond motifs is 1. The van der Waals surface area contributed by atoms with Gasteiger partial charge in [0.2, 0.25) is 17.8 Å². The number of methoxy groups -OCH3 is 1. The highest BCUT2D eigenvalue weighted by Crippen LogP contribution is 2.25. The van der Waals surface area contributed by atoms with Crippen molar-refractivity contribution < 1.29 is 14.3 Å². The first-order valence-corrected chi connectivity index (χ1v) is 5.74. The SMILES string of the molecule is COc1ccc(-c2cn3c(n2)NC(=O)CC3=O)cc1. The second-order valence-corrected chi connectivity index (χ2v) is 4.17. The second kappa shape index (κ2) is 4.24. The van der Waals surface area contributed by atoms with Crippen LogP contribution < -0.4 is 10.1 Å².